The fourth-order valence-electron chi connectivity index (χ4n) is 7.05. The van der Waals surface area contributed by atoms with Gasteiger partial charge in [0.2, 0.25) is 0 Å². The van der Waals surface area contributed by atoms with Gasteiger partial charge in [0.15, 0.2) is 11.6 Å². The maximum atomic E-state index is 12.3. The zero-order chi connectivity index (χ0) is 18.3. The molecule has 3 fully saturated rings. The molecule has 4 aliphatic rings. The molecule has 0 unspecified atom stereocenters. The molecule has 4 rings (SSSR count). The van der Waals surface area contributed by atoms with Gasteiger partial charge < -0.3 is 5.11 Å². The second kappa shape index (κ2) is 5.19. The smallest absolute Gasteiger partial charge is 0.161 e. The summed E-state index contributed by atoms with van der Waals surface area (Å²) in [6, 6.07) is 0. The molecular weight excluding hydrogens is 336 g/mol. The zero-order valence-electron chi connectivity index (χ0n) is 15.5. The lowest BCUT2D eigenvalue weighted by molar-refractivity contribution is -0.158. The van der Waals surface area contributed by atoms with Crippen LogP contribution in [0.2, 0.25) is 0 Å². The molecule has 0 saturated heterocycles. The number of aliphatic hydroxyl groups is 1. The highest BCUT2D eigenvalue weighted by atomic mass is 35.5. The van der Waals surface area contributed by atoms with Crippen molar-refractivity contribution in [2.45, 2.75) is 82.6 Å². The number of rotatable bonds is 1. The van der Waals surface area contributed by atoms with Gasteiger partial charge in [-0.25, -0.2) is 0 Å². The standard InChI is InChI=1S/C21H29ClO3/c1-13(23)21(25)9-7-16-17-5-4-14-12-15(24)6-8-18(14,2)20(17,22)11-10-19(16,21)3/h12,16-17,25H,4-11H2,1-3H3/t16-,17-,18-,19-,20+,21-/m0/s1. The number of ketones is 2. The molecule has 0 aromatic heterocycles. The third-order valence-electron chi connectivity index (χ3n) is 8.80. The van der Waals surface area contributed by atoms with Gasteiger partial charge in [-0.15, -0.1) is 11.6 Å². The quantitative estimate of drug-likeness (QED) is 0.709. The van der Waals surface area contributed by atoms with E-state index in [1.165, 1.54) is 12.5 Å². The SMILES string of the molecule is CC(=O)[C@@]1(O)CC[C@H]2[C@@H]3CCC4=CC(=O)CC[C@]4(C)[C@@]3(Cl)CC[C@@]21C. The Hall–Kier alpha value is -0.670. The molecular formula is C21H29ClO3. The topological polar surface area (TPSA) is 54.4 Å². The van der Waals surface area contributed by atoms with Gasteiger partial charge in [0.25, 0.3) is 0 Å². The highest BCUT2D eigenvalue weighted by Gasteiger charge is 2.69. The van der Waals surface area contributed by atoms with Crippen LogP contribution in [0.1, 0.15) is 72.1 Å². The average Bonchev–Trinajstić information content (AvgIpc) is 2.83. The van der Waals surface area contributed by atoms with Crippen molar-refractivity contribution in [3.05, 3.63) is 11.6 Å². The van der Waals surface area contributed by atoms with Gasteiger partial charge in [-0.1, -0.05) is 19.4 Å². The van der Waals surface area contributed by atoms with Crippen LogP contribution in [-0.4, -0.2) is 27.1 Å². The van der Waals surface area contributed by atoms with Crippen molar-refractivity contribution in [2.75, 3.05) is 0 Å². The molecule has 25 heavy (non-hydrogen) atoms. The minimum Gasteiger partial charge on any atom is -0.382 e. The minimum absolute atomic E-state index is 0.0922. The van der Waals surface area contributed by atoms with Crippen LogP contribution < -0.4 is 0 Å². The van der Waals surface area contributed by atoms with E-state index in [0.717, 1.165) is 38.5 Å². The Kier molecular flexibility index (Phi) is 3.68. The Morgan fingerprint density at radius 1 is 1.12 bits per heavy atom. The van der Waals surface area contributed by atoms with Crippen molar-refractivity contribution in [1.29, 1.82) is 0 Å². The van der Waals surface area contributed by atoms with E-state index in [1.807, 2.05) is 6.08 Å². The van der Waals surface area contributed by atoms with Gasteiger partial charge in [-0.05, 0) is 69.8 Å². The fraction of sp³-hybridized carbons (Fsp3) is 0.810. The van der Waals surface area contributed by atoms with E-state index in [9.17, 15) is 14.7 Å². The lowest BCUT2D eigenvalue weighted by Crippen LogP contribution is -2.63. The van der Waals surface area contributed by atoms with E-state index in [1.54, 1.807) is 0 Å². The zero-order valence-corrected chi connectivity index (χ0v) is 16.3. The Balaban J connectivity index is 1.76. The first kappa shape index (κ1) is 17.7. The van der Waals surface area contributed by atoms with Crippen molar-refractivity contribution < 1.29 is 14.7 Å². The van der Waals surface area contributed by atoms with E-state index in [2.05, 4.69) is 13.8 Å². The largest absolute Gasteiger partial charge is 0.382 e. The lowest BCUT2D eigenvalue weighted by Gasteiger charge is -2.63. The maximum Gasteiger partial charge on any atom is 0.161 e. The number of hydrogen-bond donors (Lipinski definition) is 1. The lowest BCUT2D eigenvalue weighted by atomic mass is 9.45. The van der Waals surface area contributed by atoms with E-state index < -0.39 is 5.60 Å². The third-order valence-corrected chi connectivity index (χ3v) is 9.69. The summed E-state index contributed by atoms with van der Waals surface area (Å²) in [4.78, 5) is 23.8. The minimum atomic E-state index is -1.20. The second-order valence-corrected chi connectivity index (χ2v) is 10.1. The number of hydrogen-bond acceptors (Lipinski definition) is 3. The number of Topliss-reactive ketones (excluding diaryl/α,β-unsaturated/α-hetero) is 1. The summed E-state index contributed by atoms with van der Waals surface area (Å²) in [6.45, 7) is 5.89. The summed E-state index contributed by atoms with van der Waals surface area (Å²) in [5.74, 6) is 0.726. The summed E-state index contributed by atoms with van der Waals surface area (Å²) in [5, 5.41) is 11.2. The molecule has 1 N–H and O–H groups in total. The van der Waals surface area contributed by atoms with E-state index in [4.69, 9.17) is 11.6 Å². The Morgan fingerprint density at radius 3 is 2.52 bits per heavy atom. The van der Waals surface area contributed by atoms with Gasteiger partial charge in [-0.3, -0.25) is 9.59 Å². The normalized spacial score (nSPS) is 52.0. The predicted octanol–water partition coefficient (Wildman–Crippen LogP) is 4.20. The highest BCUT2D eigenvalue weighted by Crippen LogP contribution is 2.71. The van der Waals surface area contributed by atoms with Crippen LogP contribution in [0.25, 0.3) is 0 Å². The molecule has 0 heterocycles. The molecule has 3 nitrogen and oxygen atoms in total. The molecule has 138 valence electrons. The summed E-state index contributed by atoms with van der Waals surface area (Å²) >= 11 is 7.42. The van der Waals surface area contributed by atoms with Gasteiger partial charge in [-0.2, -0.15) is 0 Å². The number of fused-ring (bicyclic) bond motifs is 5. The van der Waals surface area contributed by atoms with Crippen LogP contribution in [0.3, 0.4) is 0 Å². The van der Waals surface area contributed by atoms with Gasteiger partial charge in [0, 0.05) is 17.3 Å². The first-order valence-electron chi connectivity index (χ1n) is 9.75. The number of allylic oxidation sites excluding steroid dienone is 1. The monoisotopic (exact) mass is 364 g/mol. The second-order valence-electron chi connectivity index (χ2n) is 9.45. The summed E-state index contributed by atoms with van der Waals surface area (Å²) in [6.07, 6.45) is 8.19. The van der Waals surface area contributed by atoms with Crippen molar-refractivity contribution in [3.63, 3.8) is 0 Å². The Morgan fingerprint density at radius 2 is 1.84 bits per heavy atom. The first-order chi connectivity index (χ1) is 11.6. The molecule has 0 radical (unpaired) electrons. The number of alkyl halides is 1. The molecule has 0 amide bonds. The van der Waals surface area contributed by atoms with Crippen LogP contribution in [0.15, 0.2) is 11.6 Å². The van der Waals surface area contributed by atoms with E-state index in [-0.39, 0.29) is 33.2 Å². The van der Waals surface area contributed by atoms with Crippen molar-refractivity contribution in [1.82, 2.24) is 0 Å². The summed E-state index contributed by atoms with van der Waals surface area (Å²) in [5.41, 5.74) is -0.471. The average molecular weight is 365 g/mol. The number of carbonyl (C=O) groups is 2. The molecule has 4 aliphatic carbocycles. The van der Waals surface area contributed by atoms with Crippen molar-refractivity contribution in [3.8, 4) is 0 Å². The molecule has 0 aromatic carbocycles. The summed E-state index contributed by atoms with van der Waals surface area (Å²) in [7, 11) is 0. The Bertz CT molecular complexity index is 685. The van der Waals surface area contributed by atoms with Crippen LogP contribution >= 0.6 is 11.6 Å². The van der Waals surface area contributed by atoms with Crippen molar-refractivity contribution >= 4 is 23.2 Å². The first-order valence-corrected chi connectivity index (χ1v) is 10.1. The fourth-order valence-corrected chi connectivity index (χ4v) is 7.62. The molecule has 0 bridgehead atoms. The third kappa shape index (κ3) is 1.97. The number of carbonyl (C=O) groups excluding carboxylic acids is 2. The van der Waals surface area contributed by atoms with Crippen LogP contribution in [0.5, 0.6) is 0 Å². The molecule has 0 spiro atoms. The van der Waals surface area contributed by atoms with E-state index >= 15 is 0 Å². The van der Waals surface area contributed by atoms with E-state index in [0.29, 0.717) is 18.8 Å². The summed E-state index contributed by atoms with van der Waals surface area (Å²) < 4.78 is 0. The van der Waals surface area contributed by atoms with Gasteiger partial charge in [0.05, 0.1) is 4.87 Å². The van der Waals surface area contributed by atoms with Gasteiger partial charge in [0.1, 0.15) is 5.60 Å². The van der Waals surface area contributed by atoms with Crippen LogP contribution in [0.4, 0.5) is 0 Å². The van der Waals surface area contributed by atoms with Crippen LogP contribution in [0, 0.1) is 22.7 Å². The van der Waals surface area contributed by atoms with Gasteiger partial charge >= 0.3 is 0 Å². The highest BCUT2D eigenvalue weighted by molar-refractivity contribution is 6.25. The molecule has 6 atom stereocenters. The maximum absolute atomic E-state index is 12.3. The van der Waals surface area contributed by atoms with Crippen LogP contribution in [-0.2, 0) is 9.59 Å². The van der Waals surface area contributed by atoms with Crippen molar-refractivity contribution in [2.24, 2.45) is 22.7 Å². The molecule has 3 saturated carbocycles. The molecule has 0 aromatic rings. The number of halogens is 1. The molecule has 4 heteroatoms. The Labute approximate surface area is 155 Å². The predicted molar refractivity (Wildman–Crippen MR) is 97.4 cm³/mol. The molecule has 0 aliphatic heterocycles.